The Balaban J connectivity index is 2.13. The first-order valence-electron chi connectivity index (χ1n) is 5.98. The van der Waals surface area contributed by atoms with Gasteiger partial charge in [0.2, 0.25) is 0 Å². The van der Waals surface area contributed by atoms with E-state index >= 15 is 0 Å². The van der Waals surface area contributed by atoms with Gasteiger partial charge in [0.25, 0.3) is 0 Å². The van der Waals surface area contributed by atoms with E-state index in [-0.39, 0.29) is 6.61 Å². The van der Waals surface area contributed by atoms with Gasteiger partial charge in [0.15, 0.2) is 0 Å². The fourth-order valence-corrected chi connectivity index (χ4v) is 2.08. The molecule has 88 valence electrons. The average molecular weight is 221 g/mol. The molecular weight excluding hydrogens is 202 g/mol. The highest BCUT2D eigenvalue weighted by Gasteiger charge is 2.26. The third-order valence-corrected chi connectivity index (χ3v) is 3.20. The fraction of sp³-hybridized carbons (Fsp3) is 0.667. The predicted octanol–water partition coefficient (Wildman–Crippen LogP) is 1.53. The minimum Gasteiger partial charge on any atom is -0.396 e. The largest absolute Gasteiger partial charge is 0.396 e. The van der Waals surface area contributed by atoms with Crippen LogP contribution < -0.4 is 4.90 Å². The Kier molecular flexibility index (Phi) is 3.72. The van der Waals surface area contributed by atoms with Crippen LogP contribution in [0.5, 0.6) is 0 Å². The molecule has 1 aromatic rings. The molecule has 16 heavy (non-hydrogen) atoms. The molecule has 0 unspecified atom stereocenters. The molecule has 0 spiro atoms. The number of hydrogen-bond acceptors (Lipinski definition) is 4. The second-order valence-electron chi connectivity index (χ2n) is 4.32. The van der Waals surface area contributed by atoms with Crippen molar-refractivity contribution in [3.8, 4) is 0 Å². The molecule has 0 radical (unpaired) electrons. The molecule has 1 fully saturated rings. The first-order valence-corrected chi connectivity index (χ1v) is 5.98. The van der Waals surface area contributed by atoms with Gasteiger partial charge < -0.3 is 10.0 Å². The van der Waals surface area contributed by atoms with Crippen LogP contribution in [-0.2, 0) is 0 Å². The molecule has 1 aromatic heterocycles. The van der Waals surface area contributed by atoms with Gasteiger partial charge in [0, 0.05) is 31.6 Å². The van der Waals surface area contributed by atoms with Crippen LogP contribution in [-0.4, -0.2) is 34.3 Å². The van der Waals surface area contributed by atoms with Gasteiger partial charge in [-0.1, -0.05) is 0 Å². The third kappa shape index (κ3) is 2.32. The lowest BCUT2D eigenvalue weighted by molar-refractivity contribution is 0.282. The van der Waals surface area contributed by atoms with Gasteiger partial charge in [-0.05, 0) is 32.6 Å². The molecule has 2 rings (SSSR count). The SMILES string of the molecule is Cc1nccnc1N(CCCO)C1CCC1. The van der Waals surface area contributed by atoms with Crippen molar-refractivity contribution in [2.45, 2.75) is 38.6 Å². The maximum atomic E-state index is 8.94. The second kappa shape index (κ2) is 5.25. The summed E-state index contributed by atoms with van der Waals surface area (Å²) in [7, 11) is 0. The van der Waals surface area contributed by atoms with Crippen molar-refractivity contribution < 1.29 is 5.11 Å². The van der Waals surface area contributed by atoms with Crippen molar-refractivity contribution >= 4 is 5.82 Å². The summed E-state index contributed by atoms with van der Waals surface area (Å²) < 4.78 is 0. The van der Waals surface area contributed by atoms with Gasteiger partial charge in [-0.25, -0.2) is 4.98 Å². The smallest absolute Gasteiger partial charge is 0.150 e. The van der Waals surface area contributed by atoms with E-state index < -0.39 is 0 Å². The van der Waals surface area contributed by atoms with E-state index in [1.165, 1.54) is 19.3 Å². The molecule has 0 amide bonds. The van der Waals surface area contributed by atoms with Crippen molar-refractivity contribution in [2.24, 2.45) is 0 Å². The van der Waals surface area contributed by atoms with Crippen LogP contribution in [0.15, 0.2) is 12.4 Å². The molecule has 0 atom stereocenters. The van der Waals surface area contributed by atoms with Crippen molar-refractivity contribution in [3.63, 3.8) is 0 Å². The van der Waals surface area contributed by atoms with Crippen molar-refractivity contribution in [3.05, 3.63) is 18.1 Å². The molecule has 0 bridgehead atoms. The van der Waals surface area contributed by atoms with Gasteiger partial charge >= 0.3 is 0 Å². The lowest BCUT2D eigenvalue weighted by atomic mass is 9.91. The Labute approximate surface area is 96.3 Å². The summed E-state index contributed by atoms with van der Waals surface area (Å²) in [6.45, 7) is 3.11. The molecule has 1 saturated carbocycles. The highest BCUT2D eigenvalue weighted by atomic mass is 16.3. The van der Waals surface area contributed by atoms with Gasteiger partial charge in [-0.15, -0.1) is 0 Å². The predicted molar refractivity (Wildman–Crippen MR) is 63.5 cm³/mol. The summed E-state index contributed by atoms with van der Waals surface area (Å²) in [6, 6.07) is 0.599. The minimum absolute atomic E-state index is 0.239. The van der Waals surface area contributed by atoms with E-state index in [9.17, 15) is 0 Å². The van der Waals surface area contributed by atoms with Crippen LogP contribution in [0.3, 0.4) is 0 Å². The Morgan fingerprint density at radius 1 is 1.38 bits per heavy atom. The quantitative estimate of drug-likeness (QED) is 0.819. The van der Waals surface area contributed by atoms with Crippen LogP contribution in [0.25, 0.3) is 0 Å². The first kappa shape index (κ1) is 11.3. The average Bonchev–Trinajstić information content (AvgIpc) is 2.22. The number of aryl methyl sites for hydroxylation is 1. The van der Waals surface area contributed by atoms with Gasteiger partial charge in [-0.3, -0.25) is 4.98 Å². The molecule has 1 heterocycles. The lowest BCUT2D eigenvalue weighted by Gasteiger charge is -2.38. The van der Waals surface area contributed by atoms with Gasteiger partial charge in [0.05, 0.1) is 5.69 Å². The minimum atomic E-state index is 0.239. The van der Waals surface area contributed by atoms with E-state index in [4.69, 9.17) is 5.11 Å². The number of hydrogen-bond donors (Lipinski definition) is 1. The van der Waals surface area contributed by atoms with E-state index in [0.717, 1.165) is 24.5 Å². The van der Waals surface area contributed by atoms with Crippen molar-refractivity contribution in [2.75, 3.05) is 18.1 Å². The summed E-state index contributed by atoms with van der Waals surface area (Å²) in [6.07, 6.45) is 8.05. The Hall–Kier alpha value is -1.16. The summed E-state index contributed by atoms with van der Waals surface area (Å²) >= 11 is 0. The van der Waals surface area contributed by atoms with Gasteiger partial charge in [0.1, 0.15) is 5.82 Å². The molecule has 0 saturated heterocycles. The molecule has 1 N–H and O–H groups in total. The monoisotopic (exact) mass is 221 g/mol. The number of aliphatic hydroxyl groups is 1. The third-order valence-electron chi connectivity index (χ3n) is 3.20. The summed E-state index contributed by atoms with van der Waals surface area (Å²) in [4.78, 5) is 11.0. The zero-order valence-corrected chi connectivity index (χ0v) is 9.76. The number of nitrogens with zero attached hydrogens (tertiary/aromatic N) is 3. The zero-order chi connectivity index (χ0) is 11.4. The Bertz CT molecular complexity index is 339. The van der Waals surface area contributed by atoms with E-state index in [1.807, 2.05) is 6.92 Å². The number of aromatic nitrogens is 2. The van der Waals surface area contributed by atoms with Crippen molar-refractivity contribution in [1.29, 1.82) is 0 Å². The fourth-order valence-electron chi connectivity index (χ4n) is 2.08. The molecule has 4 heteroatoms. The molecular formula is C12H19N3O. The Morgan fingerprint density at radius 2 is 2.12 bits per heavy atom. The van der Waals surface area contributed by atoms with Crippen LogP contribution in [0, 0.1) is 6.92 Å². The van der Waals surface area contributed by atoms with E-state index in [2.05, 4.69) is 14.9 Å². The standard InChI is InChI=1S/C12H19N3O/c1-10-12(14-7-6-13-10)15(8-3-9-16)11-4-2-5-11/h6-7,11,16H,2-5,8-9H2,1H3. The van der Waals surface area contributed by atoms with Crippen LogP contribution in [0.2, 0.25) is 0 Å². The molecule has 1 aliphatic rings. The normalized spacial score (nSPS) is 15.9. The second-order valence-corrected chi connectivity index (χ2v) is 4.32. The maximum Gasteiger partial charge on any atom is 0.150 e. The summed E-state index contributed by atoms with van der Waals surface area (Å²) in [5.41, 5.74) is 0.979. The van der Waals surface area contributed by atoms with E-state index in [1.54, 1.807) is 12.4 Å². The lowest BCUT2D eigenvalue weighted by Crippen LogP contribution is -2.42. The zero-order valence-electron chi connectivity index (χ0n) is 9.76. The van der Waals surface area contributed by atoms with Crippen LogP contribution in [0.1, 0.15) is 31.4 Å². The maximum absolute atomic E-state index is 8.94. The number of anilines is 1. The molecule has 0 aromatic carbocycles. The van der Waals surface area contributed by atoms with Crippen molar-refractivity contribution in [1.82, 2.24) is 9.97 Å². The molecule has 4 nitrogen and oxygen atoms in total. The summed E-state index contributed by atoms with van der Waals surface area (Å²) in [5.74, 6) is 0.987. The highest BCUT2D eigenvalue weighted by molar-refractivity contribution is 5.43. The highest BCUT2D eigenvalue weighted by Crippen LogP contribution is 2.29. The van der Waals surface area contributed by atoms with Gasteiger partial charge in [-0.2, -0.15) is 0 Å². The molecule has 0 aliphatic heterocycles. The van der Waals surface area contributed by atoms with Crippen LogP contribution >= 0.6 is 0 Å². The summed E-state index contributed by atoms with van der Waals surface area (Å²) in [5, 5.41) is 8.94. The number of aliphatic hydroxyl groups excluding tert-OH is 1. The van der Waals surface area contributed by atoms with E-state index in [0.29, 0.717) is 6.04 Å². The molecule has 1 aliphatic carbocycles. The van der Waals surface area contributed by atoms with Crippen LogP contribution in [0.4, 0.5) is 5.82 Å². The number of rotatable bonds is 5. The topological polar surface area (TPSA) is 49.2 Å². The Morgan fingerprint density at radius 3 is 2.69 bits per heavy atom. The first-order chi connectivity index (χ1) is 7.83.